The fourth-order valence-corrected chi connectivity index (χ4v) is 6.36. The predicted octanol–water partition coefficient (Wildman–Crippen LogP) is 2.24. The Morgan fingerprint density at radius 3 is 2.29 bits per heavy atom. The van der Waals surface area contributed by atoms with Crippen LogP contribution in [0.5, 0.6) is 0 Å². The average molecular weight is 408 g/mol. The molecule has 3 aliphatic rings. The monoisotopic (exact) mass is 407 g/mol. The molecule has 0 atom stereocenters. The van der Waals surface area contributed by atoms with E-state index < -0.39 is 15.8 Å². The summed E-state index contributed by atoms with van der Waals surface area (Å²) < 4.78 is 27.6. The summed E-state index contributed by atoms with van der Waals surface area (Å²) in [7, 11) is -0.123. The van der Waals surface area contributed by atoms with E-state index in [0.29, 0.717) is 19.6 Å². The minimum Gasteiger partial charge on any atom is -0.388 e. The Hall–Kier alpha value is -1.15. The molecule has 2 heterocycles. The molecule has 1 N–H and O–H groups in total. The average Bonchev–Trinajstić information content (AvgIpc) is 3.08. The minimum absolute atomic E-state index is 0.202. The van der Waals surface area contributed by atoms with Crippen molar-refractivity contribution in [2.75, 3.05) is 45.2 Å². The highest BCUT2D eigenvalue weighted by atomic mass is 32.2. The van der Waals surface area contributed by atoms with E-state index in [0.717, 1.165) is 51.5 Å². The lowest BCUT2D eigenvalue weighted by atomic mass is 9.64. The highest BCUT2D eigenvalue weighted by Gasteiger charge is 2.45. The summed E-state index contributed by atoms with van der Waals surface area (Å²) in [5, 5.41) is 11.3. The second-order valence-corrected chi connectivity index (χ2v) is 11.4. The fraction of sp³-hybridized carbons (Fsp3) is 0.714. The van der Waals surface area contributed by atoms with E-state index >= 15 is 0 Å². The molecule has 0 radical (unpaired) electrons. The van der Waals surface area contributed by atoms with Crippen LogP contribution in [0.1, 0.15) is 44.1 Å². The molecule has 0 bridgehead atoms. The molecule has 1 aromatic rings. The molecule has 1 saturated heterocycles. The zero-order chi connectivity index (χ0) is 20.0. The van der Waals surface area contributed by atoms with Crippen molar-refractivity contribution in [1.82, 2.24) is 8.61 Å². The second kappa shape index (κ2) is 7.27. The molecule has 1 aliphatic carbocycles. The van der Waals surface area contributed by atoms with Crippen LogP contribution >= 0.6 is 0 Å². The van der Waals surface area contributed by atoms with Gasteiger partial charge in [0.1, 0.15) is 0 Å². The van der Waals surface area contributed by atoms with Crippen LogP contribution in [0.25, 0.3) is 0 Å². The van der Waals surface area contributed by atoms with Gasteiger partial charge in [-0.3, -0.25) is 0 Å². The molecule has 2 aliphatic heterocycles. The van der Waals surface area contributed by atoms with Crippen LogP contribution in [-0.4, -0.2) is 68.0 Å². The zero-order valence-corrected chi connectivity index (χ0v) is 17.9. The van der Waals surface area contributed by atoms with E-state index in [-0.39, 0.29) is 5.41 Å². The number of para-hydroxylation sites is 1. The number of benzene rings is 1. The van der Waals surface area contributed by atoms with E-state index in [4.69, 9.17) is 0 Å². The summed E-state index contributed by atoms with van der Waals surface area (Å²) in [6, 6.07) is 8.51. The topological polar surface area (TPSA) is 64.1 Å². The van der Waals surface area contributed by atoms with Gasteiger partial charge in [-0.25, -0.2) is 0 Å². The summed E-state index contributed by atoms with van der Waals surface area (Å²) in [5.41, 5.74) is 2.23. The molecule has 6 nitrogen and oxygen atoms in total. The Balaban J connectivity index is 1.35. The quantitative estimate of drug-likeness (QED) is 0.831. The van der Waals surface area contributed by atoms with Gasteiger partial charge in [-0.15, -0.1) is 0 Å². The largest absolute Gasteiger partial charge is 0.388 e. The molecule has 0 amide bonds. The Morgan fingerprint density at radius 1 is 1.00 bits per heavy atom. The van der Waals surface area contributed by atoms with Crippen molar-refractivity contribution in [3.63, 3.8) is 0 Å². The van der Waals surface area contributed by atoms with Gasteiger partial charge in [-0.2, -0.15) is 17.0 Å². The Bertz CT molecular complexity index is 806. The van der Waals surface area contributed by atoms with Gasteiger partial charge in [0.05, 0.1) is 5.60 Å². The summed E-state index contributed by atoms with van der Waals surface area (Å²) in [5.74, 6) is 0. The number of nitrogens with zero attached hydrogens (tertiary/aromatic N) is 3. The summed E-state index contributed by atoms with van der Waals surface area (Å²) in [6.07, 6.45) is 6.49. The van der Waals surface area contributed by atoms with Crippen molar-refractivity contribution in [3.05, 3.63) is 29.8 Å². The molecule has 7 heteroatoms. The maximum absolute atomic E-state index is 12.4. The van der Waals surface area contributed by atoms with Crippen molar-refractivity contribution >= 4 is 15.9 Å². The minimum atomic E-state index is -3.31. The molecule has 1 spiro atoms. The van der Waals surface area contributed by atoms with Crippen molar-refractivity contribution in [1.29, 1.82) is 0 Å². The van der Waals surface area contributed by atoms with Crippen LogP contribution in [0.3, 0.4) is 0 Å². The van der Waals surface area contributed by atoms with Crippen LogP contribution < -0.4 is 4.90 Å². The van der Waals surface area contributed by atoms with Gasteiger partial charge in [-0.05, 0) is 62.0 Å². The zero-order valence-electron chi connectivity index (χ0n) is 17.1. The molecule has 28 heavy (non-hydrogen) atoms. The smallest absolute Gasteiger partial charge is 0.281 e. The van der Waals surface area contributed by atoms with Gasteiger partial charge < -0.3 is 10.0 Å². The first-order valence-electron chi connectivity index (χ1n) is 10.5. The van der Waals surface area contributed by atoms with Crippen molar-refractivity contribution in [2.45, 2.75) is 50.5 Å². The third kappa shape index (κ3) is 3.70. The lowest BCUT2D eigenvalue weighted by Gasteiger charge is -2.49. The number of β-amino-alcohol motifs (C(OH)–C–C–N with tert-alkyl or cyclic N) is 1. The van der Waals surface area contributed by atoms with Crippen LogP contribution in [0.2, 0.25) is 0 Å². The molecule has 156 valence electrons. The first-order valence-corrected chi connectivity index (χ1v) is 11.9. The molecular formula is C21H33N3O3S. The van der Waals surface area contributed by atoms with Gasteiger partial charge in [-0.1, -0.05) is 18.2 Å². The number of hydrogen-bond acceptors (Lipinski definition) is 4. The Labute approximate surface area is 169 Å². The lowest BCUT2D eigenvalue weighted by Crippen LogP contribution is -2.51. The van der Waals surface area contributed by atoms with Crippen LogP contribution in [0, 0.1) is 5.41 Å². The number of hydrogen-bond donors (Lipinski definition) is 1. The maximum Gasteiger partial charge on any atom is 0.281 e. The van der Waals surface area contributed by atoms with Gasteiger partial charge in [0.2, 0.25) is 0 Å². The Kier molecular flexibility index (Phi) is 5.23. The number of fused-ring (bicyclic) bond motifs is 1. The molecule has 1 aromatic carbocycles. The molecular weight excluding hydrogens is 374 g/mol. The van der Waals surface area contributed by atoms with Crippen molar-refractivity contribution < 1.29 is 13.5 Å². The molecule has 4 rings (SSSR count). The van der Waals surface area contributed by atoms with Gasteiger partial charge in [0.25, 0.3) is 10.2 Å². The van der Waals surface area contributed by atoms with Crippen LogP contribution in [0.4, 0.5) is 5.69 Å². The summed E-state index contributed by atoms with van der Waals surface area (Å²) in [6.45, 7) is 2.89. The van der Waals surface area contributed by atoms with Crippen molar-refractivity contribution in [3.8, 4) is 0 Å². The van der Waals surface area contributed by atoms with Gasteiger partial charge >= 0.3 is 0 Å². The number of rotatable bonds is 4. The number of aliphatic hydroxyl groups is 1. The van der Waals surface area contributed by atoms with Crippen LogP contribution in [-0.2, 0) is 16.6 Å². The third-order valence-corrected chi connectivity index (χ3v) is 9.22. The standard InChI is InChI=1S/C21H33N3O3S/c1-22(2)28(26,27)24-15-12-20(13-16-24)8-10-21(25,11-9-20)17-23-14-7-18-5-3-4-6-19(18)23/h3-6,25H,7-17H2,1-2H3. The van der Waals surface area contributed by atoms with Gasteiger partial charge in [0.15, 0.2) is 0 Å². The number of anilines is 1. The van der Waals surface area contributed by atoms with Crippen LogP contribution in [0.15, 0.2) is 24.3 Å². The highest BCUT2D eigenvalue weighted by molar-refractivity contribution is 7.86. The van der Waals surface area contributed by atoms with Crippen molar-refractivity contribution in [2.24, 2.45) is 5.41 Å². The fourth-order valence-electron chi connectivity index (χ4n) is 5.25. The van der Waals surface area contributed by atoms with E-state index in [2.05, 4.69) is 29.2 Å². The molecule has 1 saturated carbocycles. The summed E-state index contributed by atoms with van der Waals surface area (Å²) in [4.78, 5) is 2.35. The van der Waals surface area contributed by atoms with E-state index in [1.807, 2.05) is 0 Å². The van der Waals surface area contributed by atoms with E-state index in [9.17, 15) is 13.5 Å². The summed E-state index contributed by atoms with van der Waals surface area (Å²) >= 11 is 0. The first kappa shape index (κ1) is 20.1. The normalized spacial score (nSPS) is 24.6. The molecule has 0 unspecified atom stereocenters. The highest BCUT2D eigenvalue weighted by Crippen LogP contribution is 2.48. The molecule has 2 fully saturated rings. The van der Waals surface area contributed by atoms with Gasteiger partial charge in [0, 0.05) is 46.0 Å². The Morgan fingerprint density at radius 2 is 1.64 bits per heavy atom. The number of piperidine rings is 1. The van der Waals surface area contributed by atoms with E-state index in [1.54, 1.807) is 18.4 Å². The third-order valence-electron chi connectivity index (χ3n) is 7.28. The molecule has 0 aromatic heterocycles. The SMILES string of the molecule is CN(C)S(=O)(=O)N1CCC2(CC1)CCC(O)(CN1CCc3ccccc31)CC2. The predicted molar refractivity (Wildman–Crippen MR) is 112 cm³/mol. The van der Waals surface area contributed by atoms with E-state index in [1.165, 1.54) is 15.6 Å². The maximum atomic E-state index is 12.4. The second-order valence-electron chi connectivity index (χ2n) is 9.21. The lowest BCUT2D eigenvalue weighted by molar-refractivity contribution is -0.0412. The first-order chi connectivity index (χ1) is 13.2.